The highest BCUT2D eigenvalue weighted by Gasteiger charge is 2.45. The van der Waals surface area contributed by atoms with Crippen LogP contribution in [-0.2, 0) is 4.74 Å². The molecule has 2 aliphatic carbocycles. The fourth-order valence-corrected chi connectivity index (χ4v) is 4.73. The summed E-state index contributed by atoms with van der Waals surface area (Å²) in [7, 11) is 0. The van der Waals surface area contributed by atoms with E-state index in [-0.39, 0.29) is 11.0 Å². The maximum absolute atomic E-state index is 8.95. The molecule has 0 aromatic carbocycles. The Morgan fingerprint density at radius 3 is 2.35 bits per heavy atom. The van der Waals surface area contributed by atoms with E-state index in [1.165, 1.54) is 25.7 Å². The number of fused-ring (bicyclic) bond motifs is 1. The van der Waals surface area contributed by atoms with Crippen molar-refractivity contribution in [2.75, 3.05) is 0 Å². The molecule has 2 aliphatic rings. The van der Waals surface area contributed by atoms with Crippen LogP contribution >= 0.6 is 0 Å². The molecule has 5 unspecified atom stereocenters. The predicted molar refractivity (Wildman–Crippen MR) is 96.0 cm³/mol. The van der Waals surface area contributed by atoms with Crippen molar-refractivity contribution in [3.05, 3.63) is 0 Å². The third-order valence-corrected chi connectivity index (χ3v) is 7.07. The Morgan fingerprint density at radius 2 is 1.70 bits per heavy atom. The average molecular weight is 320 g/mol. The van der Waals surface area contributed by atoms with Crippen LogP contribution in [0.15, 0.2) is 0 Å². The van der Waals surface area contributed by atoms with Crippen LogP contribution < -0.4 is 0 Å². The first-order valence-electron chi connectivity index (χ1n) is 9.71. The van der Waals surface area contributed by atoms with Gasteiger partial charge in [-0.1, -0.05) is 34.1 Å². The number of hydrogen-bond acceptors (Lipinski definition) is 2. The van der Waals surface area contributed by atoms with E-state index >= 15 is 0 Å². The van der Waals surface area contributed by atoms with Gasteiger partial charge in [0.25, 0.3) is 0 Å². The van der Waals surface area contributed by atoms with Gasteiger partial charge in [-0.25, -0.2) is 0 Å². The topological polar surface area (TPSA) is 33.0 Å². The van der Waals surface area contributed by atoms with Crippen LogP contribution in [0.4, 0.5) is 0 Å². The number of hydrogen-bond donors (Lipinski definition) is 0. The predicted octanol–water partition coefficient (Wildman–Crippen LogP) is 5.96. The van der Waals surface area contributed by atoms with E-state index in [4.69, 9.17) is 10.00 Å². The van der Waals surface area contributed by atoms with Gasteiger partial charge in [0, 0.05) is 6.42 Å². The van der Waals surface area contributed by atoms with Crippen LogP contribution in [0.25, 0.3) is 0 Å². The molecule has 2 saturated carbocycles. The van der Waals surface area contributed by atoms with E-state index in [1.54, 1.807) is 0 Å². The molecule has 5 atom stereocenters. The molecule has 2 heteroatoms. The number of nitrogens with zero attached hydrogens (tertiary/aromatic N) is 1. The lowest BCUT2D eigenvalue weighted by molar-refractivity contribution is -0.0973. The van der Waals surface area contributed by atoms with Gasteiger partial charge >= 0.3 is 0 Å². The molecule has 0 aliphatic heterocycles. The van der Waals surface area contributed by atoms with Crippen molar-refractivity contribution in [1.29, 1.82) is 5.26 Å². The molecule has 0 heterocycles. The van der Waals surface area contributed by atoms with E-state index in [0.717, 1.165) is 30.6 Å². The maximum atomic E-state index is 8.95. The third kappa shape index (κ3) is 4.50. The highest BCUT2D eigenvalue weighted by Crippen LogP contribution is 2.49. The molecule has 2 fully saturated rings. The largest absolute Gasteiger partial charge is 0.372 e. The van der Waals surface area contributed by atoms with Crippen LogP contribution in [0.1, 0.15) is 86.5 Å². The molecule has 23 heavy (non-hydrogen) atoms. The van der Waals surface area contributed by atoms with Gasteiger partial charge in [0.05, 0.1) is 17.8 Å². The summed E-state index contributed by atoms with van der Waals surface area (Å²) in [6.45, 7) is 13.8. The van der Waals surface area contributed by atoms with Crippen LogP contribution in [-0.4, -0.2) is 11.7 Å². The number of nitriles is 1. The smallest absolute Gasteiger partial charge is 0.0630 e. The molecule has 0 saturated heterocycles. The highest BCUT2D eigenvalue weighted by atomic mass is 16.5. The summed E-state index contributed by atoms with van der Waals surface area (Å²) in [6.07, 6.45) is 8.75. The summed E-state index contributed by atoms with van der Waals surface area (Å²) in [5.74, 6) is 3.08. The van der Waals surface area contributed by atoms with Crippen LogP contribution in [0.2, 0.25) is 0 Å². The molecule has 0 aromatic heterocycles. The van der Waals surface area contributed by atoms with Crippen LogP contribution in [0.5, 0.6) is 0 Å². The van der Waals surface area contributed by atoms with E-state index in [0.29, 0.717) is 18.4 Å². The molecular formula is C21H37NO. The second-order valence-corrected chi connectivity index (χ2v) is 9.63. The lowest BCUT2D eigenvalue weighted by Crippen LogP contribution is -2.35. The Kier molecular flexibility index (Phi) is 5.83. The Balaban J connectivity index is 1.86. The first kappa shape index (κ1) is 18.8. The zero-order chi connectivity index (χ0) is 17.3. The maximum Gasteiger partial charge on any atom is 0.0630 e. The zero-order valence-electron chi connectivity index (χ0n) is 16.2. The molecule has 2 nitrogen and oxygen atoms in total. The fraction of sp³-hybridized carbons (Fsp3) is 0.952. The Bertz CT molecular complexity index is 434. The second-order valence-electron chi connectivity index (χ2n) is 9.63. The first-order valence-corrected chi connectivity index (χ1v) is 9.71. The van der Waals surface area contributed by atoms with E-state index in [9.17, 15) is 0 Å². The molecule has 0 spiro atoms. The van der Waals surface area contributed by atoms with Crippen molar-refractivity contribution in [2.45, 2.75) is 98.2 Å². The first-order chi connectivity index (χ1) is 10.7. The quantitative estimate of drug-likeness (QED) is 0.580. The van der Waals surface area contributed by atoms with Gasteiger partial charge in [-0.15, -0.1) is 0 Å². The van der Waals surface area contributed by atoms with E-state index in [2.05, 4.69) is 47.6 Å². The molecule has 132 valence electrons. The van der Waals surface area contributed by atoms with Gasteiger partial charge in [0.2, 0.25) is 0 Å². The summed E-state index contributed by atoms with van der Waals surface area (Å²) in [6, 6.07) is 2.33. The number of ether oxygens (including phenoxy) is 1. The van der Waals surface area contributed by atoms with Crippen molar-refractivity contribution >= 4 is 0 Å². The minimum absolute atomic E-state index is 0.0466. The Labute approximate surface area is 144 Å². The molecule has 0 amide bonds. The van der Waals surface area contributed by atoms with Crippen molar-refractivity contribution in [3.8, 4) is 6.07 Å². The summed E-state index contributed by atoms with van der Waals surface area (Å²) in [5.41, 5.74) is 0.158. The van der Waals surface area contributed by atoms with Crippen molar-refractivity contribution < 1.29 is 4.74 Å². The van der Waals surface area contributed by atoms with Gasteiger partial charge in [-0.3, -0.25) is 0 Å². The van der Waals surface area contributed by atoms with Crippen LogP contribution in [0, 0.1) is 40.4 Å². The zero-order valence-corrected chi connectivity index (χ0v) is 16.2. The fourth-order valence-electron chi connectivity index (χ4n) is 4.73. The average Bonchev–Trinajstić information content (AvgIpc) is 3.01. The molecule has 0 bridgehead atoms. The van der Waals surface area contributed by atoms with Gasteiger partial charge in [0.15, 0.2) is 0 Å². The van der Waals surface area contributed by atoms with Crippen molar-refractivity contribution in [2.24, 2.45) is 29.1 Å². The standard InChI is InChI=1S/C21H37NO/c1-15-7-8-18-17(15)9-10-19(18)23-21(5,6)13-12-20(3,4)16(2)11-14-22/h15-19H,7-13H2,1-6H3. The summed E-state index contributed by atoms with van der Waals surface area (Å²) >= 11 is 0. The molecular weight excluding hydrogens is 282 g/mol. The normalized spacial score (nSPS) is 32.6. The molecule has 0 radical (unpaired) electrons. The number of rotatable bonds is 7. The summed E-state index contributed by atoms with van der Waals surface area (Å²) < 4.78 is 6.63. The van der Waals surface area contributed by atoms with Crippen molar-refractivity contribution in [3.63, 3.8) is 0 Å². The monoisotopic (exact) mass is 319 g/mol. The molecule has 0 aromatic rings. The third-order valence-electron chi connectivity index (χ3n) is 7.07. The Hall–Kier alpha value is -0.550. The van der Waals surface area contributed by atoms with Crippen LogP contribution in [0.3, 0.4) is 0 Å². The van der Waals surface area contributed by atoms with Gasteiger partial charge < -0.3 is 4.74 Å². The lowest BCUT2D eigenvalue weighted by Gasteiger charge is -2.37. The minimum Gasteiger partial charge on any atom is -0.372 e. The second kappa shape index (κ2) is 7.14. The highest BCUT2D eigenvalue weighted by molar-refractivity contribution is 4.94. The van der Waals surface area contributed by atoms with Crippen molar-refractivity contribution in [1.82, 2.24) is 0 Å². The summed E-state index contributed by atoms with van der Waals surface area (Å²) in [4.78, 5) is 0. The molecule has 0 N–H and O–H groups in total. The molecule has 2 rings (SSSR count). The summed E-state index contributed by atoms with van der Waals surface area (Å²) in [5, 5.41) is 8.95. The lowest BCUT2D eigenvalue weighted by atomic mass is 9.73. The van der Waals surface area contributed by atoms with E-state index in [1.807, 2.05) is 0 Å². The SMILES string of the molecule is CC1CCC2C(OC(C)(C)CCC(C)(C)C(C)CC#N)CCC12. The van der Waals surface area contributed by atoms with E-state index < -0.39 is 0 Å². The van der Waals surface area contributed by atoms with Gasteiger partial charge in [-0.2, -0.15) is 5.26 Å². The van der Waals surface area contributed by atoms with Gasteiger partial charge in [0.1, 0.15) is 0 Å². The Morgan fingerprint density at radius 1 is 1.04 bits per heavy atom. The van der Waals surface area contributed by atoms with Gasteiger partial charge in [-0.05, 0) is 75.0 Å². The minimum atomic E-state index is -0.0466.